The van der Waals surface area contributed by atoms with E-state index in [0.29, 0.717) is 5.25 Å². The van der Waals surface area contributed by atoms with E-state index < -0.39 is 0 Å². The Morgan fingerprint density at radius 1 is 1.50 bits per heavy atom. The van der Waals surface area contributed by atoms with Crippen LogP contribution >= 0.6 is 11.8 Å². The van der Waals surface area contributed by atoms with E-state index in [1.54, 1.807) is 0 Å². The molecule has 0 N–H and O–H groups in total. The molecule has 3 heteroatoms. The van der Waals surface area contributed by atoms with Crippen molar-refractivity contribution in [3.05, 3.63) is 0 Å². The van der Waals surface area contributed by atoms with Crippen molar-refractivity contribution in [1.82, 2.24) is 0 Å². The minimum atomic E-state index is -0.106. The van der Waals surface area contributed by atoms with Gasteiger partial charge in [0.2, 0.25) is 0 Å². The molecule has 0 saturated carbocycles. The lowest BCUT2D eigenvalue weighted by atomic mass is 10.2. The molecular weight excluding hydrogens is 172 g/mol. The van der Waals surface area contributed by atoms with Crippen LogP contribution in [0.4, 0.5) is 0 Å². The summed E-state index contributed by atoms with van der Waals surface area (Å²) in [6, 6.07) is 0. The van der Waals surface area contributed by atoms with Crippen LogP contribution in [0, 0.1) is 5.92 Å². The molecule has 0 aliphatic rings. The predicted molar refractivity (Wildman–Crippen MR) is 53.4 cm³/mol. The van der Waals surface area contributed by atoms with E-state index in [9.17, 15) is 4.79 Å². The van der Waals surface area contributed by atoms with Crippen LogP contribution < -0.4 is 0 Å². The number of esters is 1. The molecule has 0 heterocycles. The topological polar surface area (TPSA) is 26.3 Å². The van der Waals surface area contributed by atoms with Gasteiger partial charge in [-0.2, -0.15) is 11.8 Å². The molecule has 2 unspecified atom stereocenters. The van der Waals surface area contributed by atoms with Gasteiger partial charge in [-0.25, -0.2) is 0 Å². The Labute approximate surface area is 79.1 Å². The molecule has 12 heavy (non-hydrogen) atoms. The maximum atomic E-state index is 11.0. The number of ether oxygens (including phenoxy) is 1. The zero-order valence-corrected chi connectivity index (χ0v) is 9.11. The van der Waals surface area contributed by atoms with E-state index in [0.717, 1.165) is 12.2 Å². The fraction of sp³-hybridized carbons (Fsp3) is 0.889. The molecule has 0 aromatic heterocycles. The van der Waals surface area contributed by atoms with E-state index in [2.05, 4.69) is 18.6 Å². The molecule has 0 bridgehead atoms. The Hall–Kier alpha value is -0.180. The summed E-state index contributed by atoms with van der Waals surface area (Å²) in [5, 5.41) is 0.636. The molecule has 0 aromatic rings. The van der Waals surface area contributed by atoms with Gasteiger partial charge in [-0.15, -0.1) is 0 Å². The Bertz CT molecular complexity index is 136. The second-order valence-electron chi connectivity index (χ2n) is 2.98. The summed E-state index contributed by atoms with van der Waals surface area (Å²) in [5.74, 6) is 0.779. The lowest BCUT2D eigenvalue weighted by molar-refractivity contribution is -0.143. The van der Waals surface area contributed by atoms with Crippen LogP contribution in [0.25, 0.3) is 0 Å². The van der Waals surface area contributed by atoms with Gasteiger partial charge < -0.3 is 4.74 Å². The number of methoxy groups -OCH3 is 1. The van der Waals surface area contributed by atoms with Crippen molar-refractivity contribution in [2.24, 2.45) is 5.92 Å². The third-order valence-corrected chi connectivity index (χ3v) is 3.40. The molecule has 0 fully saturated rings. The molecule has 0 amide bonds. The first kappa shape index (κ1) is 11.8. The summed E-state index contributed by atoms with van der Waals surface area (Å²) < 4.78 is 4.63. The van der Waals surface area contributed by atoms with Crippen LogP contribution in [-0.2, 0) is 9.53 Å². The molecule has 0 aromatic carbocycles. The average molecular weight is 190 g/mol. The van der Waals surface area contributed by atoms with Crippen LogP contribution in [0.15, 0.2) is 0 Å². The van der Waals surface area contributed by atoms with Crippen molar-refractivity contribution in [3.63, 3.8) is 0 Å². The normalized spacial score (nSPS) is 15.3. The van der Waals surface area contributed by atoms with E-state index in [1.807, 2.05) is 18.7 Å². The van der Waals surface area contributed by atoms with Crippen molar-refractivity contribution in [2.45, 2.75) is 32.4 Å². The average Bonchev–Trinajstić information content (AvgIpc) is 2.11. The van der Waals surface area contributed by atoms with Gasteiger partial charge in [0, 0.05) is 11.0 Å². The SMILES string of the molecule is CCC(C)SCC(C)C(=O)OC. The minimum absolute atomic E-state index is 0.0222. The van der Waals surface area contributed by atoms with Crippen molar-refractivity contribution in [2.75, 3.05) is 12.9 Å². The lowest BCUT2D eigenvalue weighted by Crippen LogP contribution is -2.16. The number of thioether (sulfide) groups is 1. The van der Waals surface area contributed by atoms with Gasteiger partial charge in [-0.1, -0.05) is 20.8 Å². The first-order valence-electron chi connectivity index (χ1n) is 4.31. The zero-order valence-electron chi connectivity index (χ0n) is 8.29. The highest BCUT2D eigenvalue weighted by Gasteiger charge is 2.13. The summed E-state index contributed by atoms with van der Waals surface area (Å²) >= 11 is 1.83. The number of carbonyl (C=O) groups excluding carboxylic acids is 1. The van der Waals surface area contributed by atoms with Gasteiger partial charge in [-0.3, -0.25) is 4.79 Å². The third kappa shape index (κ3) is 4.65. The second kappa shape index (κ2) is 6.35. The van der Waals surface area contributed by atoms with Gasteiger partial charge >= 0.3 is 5.97 Å². The molecule has 0 aliphatic carbocycles. The summed E-state index contributed by atoms with van der Waals surface area (Å²) in [5.41, 5.74) is 0. The van der Waals surface area contributed by atoms with Gasteiger partial charge in [-0.05, 0) is 6.42 Å². The molecule has 0 radical (unpaired) electrons. The Balaban J connectivity index is 3.56. The molecule has 0 aliphatic heterocycles. The Morgan fingerprint density at radius 3 is 2.50 bits per heavy atom. The van der Waals surface area contributed by atoms with Crippen molar-refractivity contribution in [1.29, 1.82) is 0 Å². The molecular formula is C9H18O2S. The maximum Gasteiger partial charge on any atom is 0.309 e. The van der Waals surface area contributed by atoms with E-state index >= 15 is 0 Å². The predicted octanol–water partition coefficient (Wildman–Crippen LogP) is 2.33. The molecule has 0 spiro atoms. The van der Waals surface area contributed by atoms with Crippen molar-refractivity contribution < 1.29 is 9.53 Å². The van der Waals surface area contributed by atoms with Gasteiger partial charge in [0.25, 0.3) is 0 Å². The van der Waals surface area contributed by atoms with Crippen LogP contribution in [0.5, 0.6) is 0 Å². The van der Waals surface area contributed by atoms with Crippen LogP contribution in [0.1, 0.15) is 27.2 Å². The first-order valence-corrected chi connectivity index (χ1v) is 5.36. The van der Waals surface area contributed by atoms with Crippen molar-refractivity contribution >= 4 is 17.7 Å². The van der Waals surface area contributed by atoms with Crippen LogP contribution in [0.3, 0.4) is 0 Å². The summed E-state index contributed by atoms with van der Waals surface area (Å²) in [6.07, 6.45) is 1.15. The quantitative estimate of drug-likeness (QED) is 0.622. The van der Waals surface area contributed by atoms with Crippen LogP contribution in [-0.4, -0.2) is 24.1 Å². The first-order chi connectivity index (χ1) is 5.61. The Morgan fingerprint density at radius 2 is 2.08 bits per heavy atom. The monoisotopic (exact) mass is 190 g/mol. The number of rotatable bonds is 5. The van der Waals surface area contributed by atoms with Crippen molar-refractivity contribution in [3.8, 4) is 0 Å². The summed E-state index contributed by atoms with van der Waals surface area (Å²) in [6.45, 7) is 6.23. The maximum absolute atomic E-state index is 11.0. The summed E-state index contributed by atoms with van der Waals surface area (Å²) in [4.78, 5) is 11.0. The van der Waals surface area contributed by atoms with E-state index in [4.69, 9.17) is 0 Å². The standard InChI is InChI=1S/C9H18O2S/c1-5-8(3)12-6-7(2)9(10)11-4/h7-8H,5-6H2,1-4H3. The molecule has 2 nitrogen and oxygen atoms in total. The Kier molecular flexibility index (Phi) is 6.25. The lowest BCUT2D eigenvalue weighted by Gasteiger charge is -2.11. The molecule has 2 atom stereocenters. The van der Waals surface area contributed by atoms with Gasteiger partial charge in [0.15, 0.2) is 0 Å². The number of carbonyl (C=O) groups is 1. The fourth-order valence-corrected chi connectivity index (χ4v) is 1.68. The number of hydrogen-bond acceptors (Lipinski definition) is 3. The zero-order chi connectivity index (χ0) is 9.56. The largest absolute Gasteiger partial charge is 0.469 e. The van der Waals surface area contributed by atoms with Gasteiger partial charge in [0.1, 0.15) is 0 Å². The van der Waals surface area contributed by atoms with Gasteiger partial charge in [0.05, 0.1) is 13.0 Å². The molecule has 0 saturated heterocycles. The fourth-order valence-electron chi connectivity index (χ4n) is 0.696. The highest BCUT2D eigenvalue weighted by molar-refractivity contribution is 7.99. The van der Waals surface area contributed by atoms with E-state index in [1.165, 1.54) is 7.11 Å². The van der Waals surface area contributed by atoms with E-state index in [-0.39, 0.29) is 11.9 Å². The highest BCUT2D eigenvalue weighted by atomic mass is 32.2. The highest BCUT2D eigenvalue weighted by Crippen LogP contribution is 2.17. The minimum Gasteiger partial charge on any atom is -0.469 e. The van der Waals surface area contributed by atoms with Crippen LogP contribution in [0.2, 0.25) is 0 Å². The molecule has 72 valence electrons. The number of hydrogen-bond donors (Lipinski definition) is 0. The second-order valence-corrected chi connectivity index (χ2v) is 4.45. The molecule has 0 rings (SSSR count). The third-order valence-electron chi connectivity index (χ3n) is 1.81. The smallest absolute Gasteiger partial charge is 0.309 e. The summed E-state index contributed by atoms with van der Waals surface area (Å²) in [7, 11) is 1.44.